The normalized spacial score (nSPS) is 22.3. The van der Waals surface area contributed by atoms with Crippen LogP contribution in [0.5, 0.6) is 5.75 Å². The van der Waals surface area contributed by atoms with Crippen LogP contribution in [-0.2, 0) is 9.59 Å². The maximum atomic E-state index is 13.1. The standard InChI is InChI=1S/C19H21N3O3/c23-18(21-15-5-6-15)16-12-20-8-9-22(16)19(24)14-7-10-25-17-4-2-1-3-13(17)11-14/h1-4,7,10-11,15-16,20H,5-6,8-9,12H2,(H,21,23)/t16-/m1/s1. The Morgan fingerprint density at radius 2 is 2.08 bits per heavy atom. The summed E-state index contributed by atoms with van der Waals surface area (Å²) in [6, 6.07) is 7.37. The molecule has 0 radical (unpaired) electrons. The number of rotatable bonds is 3. The van der Waals surface area contributed by atoms with Gasteiger partial charge < -0.3 is 20.3 Å². The summed E-state index contributed by atoms with van der Waals surface area (Å²) in [5.41, 5.74) is 1.38. The number of piperazine rings is 1. The molecule has 2 heterocycles. The number of ether oxygens (including phenoxy) is 1. The molecule has 1 atom stereocenters. The molecule has 1 aliphatic carbocycles. The molecule has 6 heteroatoms. The molecule has 0 unspecified atom stereocenters. The molecule has 1 aromatic rings. The van der Waals surface area contributed by atoms with Gasteiger partial charge in [0, 0.05) is 36.8 Å². The quantitative estimate of drug-likeness (QED) is 0.864. The van der Waals surface area contributed by atoms with Crippen molar-refractivity contribution in [3.05, 3.63) is 47.7 Å². The molecule has 1 aromatic carbocycles. The summed E-state index contributed by atoms with van der Waals surface area (Å²) < 4.78 is 5.56. The molecule has 25 heavy (non-hydrogen) atoms. The first-order valence-corrected chi connectivity index (χ1v) is 8.68. The maximum absolute atomic E-state index is 13.1. The van der Waals surface area contributed by atoms with E-state index in [9.17, 15) is 9.59 Å². The predicted molar refractivity (Wildman–Crippen MR) is 93.7 cm³/mol. The summed E-state index contributed by atoms with van der Waals surface area (Å²) in [5, 5.41) is 6.21. The Morgan fingerprint density at radius 1 is 1.24 bits per heavy atom. The summed E-state index contributed by atoms with van der Waals surface area (Å²) in [4.78, 5) is 27.2. The maximum Gasteiger partial charge on any atom is 0.254 e. The van der Waals surface area contributed by atoms with Gasteiger partial charge >= 0.3 is 0 Å². The van der Waals surface area contributed by atoms with Gasteiger partial charge in [-0.3, -0.25) is 9.59 Å². The summed E-state index contributed by atoms with van der Waals surface area (Å²) in [6.07, 6.45) is 7.07. The largest absolute Gasteiger partial charge is 0.464 e. The smallest absolute Gasteiger partial charge is 0.254 e. The van der Waals surface area contributed by atoms with E-state index >= 15 is 0 Å². The SMILES string of the molecule is O=C(NC1CC1)[C@H]1CNCCN1C(=O)C1=Cc2ccccc2OC=C1. The molecule has 2 aliphatic heterocycles. The van der Waals surface area contributed by atoms with E-state index in [0.29, 0.717) is 31.0 Å². The van der Waals surface area contributed by atoms with Crippen molar-refractivity contribution in [1.82, 2.24) is 15.5 Å². The monoisotopic (exact) mass is 339 g/mol. The van der Waals surface area contributed by atoms with E-state index in [2.05, 4.69) is 10.6 Å². The number of hydrogen-bond donors (Lipinski definition) is 2. The molecule has 0 spiro atoms. The van der Waals surface area contributed by atoms with E-state index in [4.69, 9.17) is 4.74 Å². The van der Waals surface area contributed by atoms with Crippen molar-refractivity contribution in [1.29, 1.82) is 0 Å². The van der Waals surface area contributed by atoms with Crippen molar-refractivity contribution in [2.45, 2.75) is 24.9 Å². The highest BCUT2D eigenvalue weighted by Gasteiger charge is 2.35. The number of nitrogens with zero attached hydrogens (tertiary/aromatic N) is 1. The van der Waals surface area contributed by atoms with Crippen LogP contribution in [0.4, 0.5) is 0 Å². The Labute approximate surface area is 146 Å². The lowest BCUT2D eigenvalue weighted by molar-refractivity contribution is -0.138. The molecule has 3 aliphatic rings. The Hall–Kier alpha value is -2.60. The number of amides is 2. The van der Waals surface area contributed by atoms with Gasteiger partial charge in [0.25, 0.3) is 5.91 Å². The van der Waals surface area contributed by atoms with Gasteiger partial charge in [-0.05, 0) is 31.1 Å². The highest BCUT2D eigenvalue weighted by Crippen LogP contribution is 2.26. The van der Waals surface area contributed by atoms with Crippen molar-refractivity contribution in [2.75, 3.05) is 19.6 Å². The average molecular weight is 339 g/mol. The zero-order chi connectivity index (χ0) is 17.2. The fourth-order valence-electron chi connectivity index (χ4n) is 3.11. The fraction of sp³-hybridized carbons (Fsp3) is 0.368. The van der Waals surface area contributed by atoms with Gasteiger partial charge in [0.1, 0.15) is 11.8 Å². The molecular formula is C19H21N3O3. The minimum absolute atomic E-state index is 0.0714. The van der Waals surface area contributed by atoms with Crippen molar-refractivity contribution >= 4 is 17.9 Å². The third-order valence-electron chi connectivity index (χ3n) is 4.65. The zero-order valence-corrected chi connectivity index (χ0v) is 13.9. The second-order valence-corrected chi connectivity index (χ2v) is 6.56. The van der Waals surface area contributed by atoms with Gasteiger partial charge in [0.2, 0.25) is 5.91 Å². The lowest BCUT2D eigenvalue weighted by Gasteiger charge is -2.35. The number of fused-ring (bicyclic) bond motifs is 1. The van der Waals surface area contributed by atoms with Gasteiger partial charge in [0.15, 0.2) is 0 Å². The molecule has 1 saturated heterocycles. The van der Waals surface area contributed by atoms with E-state index in [1.54, 1.807) is 11.0 Å². The number of carbonyl (C=O) groups is 2. The number of nitrogens with one attached hydrogen (secondary N) is 2. The minimum Gasteiger partial charge on any atom is -0.464 e. The Bertz CT molecular complexity index is 752. The molecule has 1 saturated carbocycles. The fourth-order valence-corrected chi connectivity index (χ4v) is 3.11. The van der Waals surface area contributed by atoms with Crippen molar-refractivity contribution in [2.24, 2.45) is 0 Å². The molecule has 6 nitrogen and oxygen atoms in total. The highest BCUT2D eigenvalue weighted by molar-refractivity contribution is 6.03. The summed E-state index contributed by atoms with van der Waals surface area (Å²) in [6.45, 7) is 1.67. The third-order valence-corrected chi connectivity index (χ3v) is 4.65. The van der Waals surface area contributed by atoms with E-state index < -0.39 is 6.04 Å². The molecular weight excluding hydrogens is 318 g/mol. The number of para-hydroxylation sites is 1. The highest BCUT2D eigenvalue weighted by atomic mass is 16.5. The van der Waals surface area contributed by atoms with Crippen LogP contribution in [0.15, 0.2) is 42.2 Å². The molecule has 4 rings (SSSR count). The molecule has 2 N–H and O–H groups in total. The van der Waals surface area contributed by atoms with Crippen LogP contribution in [0.3, 0.4) is 0 Å². The van der Waals surface area contributed by atoms with Crippen LogP contribution in [0.2, 0.25) is 0 Å². The first-order chi connectivity index (χ1) is 12.2. The third kappa shape index (κ3) is 3.44. The topological polar surface area (TPSA) is 70.7 Å². The van der Waals surface area contributed by atoms with Crippen LogP contribution in [0.1, 0.15) is 18.4 Å². The molecule has 2 fully saturated rings. The Morgan fingerprint density at radius 3 is 2.92 bits per heavy atom. The number of hydrogen-bond acceptors (Lipinski definition) is 4. The Kier molecular flexibility index (Phi) is 4.28. The second kappa shape index (κ2) is 6.72. The first kappa shape index (κ1) is 15.9. The minimum atomic E-state index is -0.476. The Balaban J connectivity index is 1.57. The first-order valence-electron chi connectivity index (χ1n) is 8.68. The van der Waals surface area contributed by atoms with Gasteiger partial charge in [-0.1, -0.05) is 18.2 Å². The van der Waals surface area contributed by atoms with Gasteiger partial charge in [0.05, 0.1) is 6.26 Å². The van der Waals surface area contributed by atoms with Gasteiger partial charge in [-0.15, -0.1) is 0 Å². The van der Waals surface area contributed by atoms with E-state index in [1.807, 2.05) is 30.3 Å². The lowest BCUT2D eigenvalue weighted by atomic mass is 10.1. The molecule has 0 bridgehead atoms. The molecule has 2 amide bonds. The van der Waals surface area contributed by atoms with Crippen LogP contribution in [-0.4, -0.2) is 48.4 Å². The summed E-state index contributed by atoms with van der Waals surface area (Å²) >= 11 is 0. The average Bonchev–Trinajstić information content (AvgIpc) is 3.47. The summed E-state index contributed by atoms with van der Waals surface area (Å²) in [7, 11) is 0. The van der Waals surface area contributed by atoms with Crippen LogP contribution >= 0.6 is 0 Å². The zero-order valence-electron chi connectivity index (χ0n) is 13.9. The predicted octanol–water partition coefficient (Wildman–Crippen LogP) is 1.06. The van der Waals surface area contributed by atoms with Gasteiger partial charge in [-0.2, -0.15) is 0 Å². The van der Waals surface area contributed by atoms with Crippen molar-refractivity contribution < 1.29 is 14.3 Å². The lowest BCUT2D eigenvalue weighted by Crippen LogP contribution is -2.60. The number of benzene rings is 1. The van der Waals surface area contributed by atoms with Crippen molar-refractivity contribution in [3.8, 4) is 5.75 Å². The van der Waals surface area contributed by atoms with Gasteiger partial charge in [-0.25, -0.2) is 0 Å². The van der Waals surface area contributed by atoms with Crippen LogP contribution in [0.25, 0.3) is 6.08 Å². The van der Waals surface area contributed by atoms with Crippen LogP contribution < -0.4 is 15.4 Å². The van der Waals surface area contributed by atoms with E-state index in [-0.39, 0.29) is 17.9 Å². The van der Waals surface area contributed by atoms with Crippen LogP contribution in [0, 0.1) is 0 Å². The molecule has 130 valence electrons. The van der Waals surface area contributed by atoms with Crippen molar-refractivity contribution in [3.63, 3.8) is 0 Å². The number of carbonyl (C=O) groups excluding carboxylic acids is 2. The van der Waals surface area contributed by atoms with E-state index in [0.717, 1.165) is 18.4 Å². The van der Waals surface area contributed by atoms with E-state index in [1.165, 1.54) is 6.26 Å². The molecule has 0 aromatic heterocycles. The summed E-state index contributed by atoms with van der Waals surface area (Å²) in [5.74, 6) is 0.497. The second-order valence-electron chi connectivity index (χ2n) is 6.56.